The van der Waals surface area contributed by atoms with Crippen molar-refractivity contribution in [2.45, 2.75) is 37.8 Å². The standard InChI is InChI=1S/C21H21F3N4O2/c1-12-20(30)28-15-8-7-14(21(22,23)24)10-16(15)27(18(28)11-26-12)17(19(25)29)9-13-5-3-2-4-6-13/h2-8,10,12,17-18,26H,9,11H2,1H3,(H2,25,29)/t12-,17+,18+/m1/s1. The number of carbonyl (C=O) groups is 2. The maximum Gasteiger partial charge on any atom is 0.416 e. The van der Waals surface area contributed by atoms with Gasteiger partial charge in [0.25, 0.3) is 0 Å². The number of piperazine rings is 1. The third kappa shape index (κ3) is 3.39. The van der Waals surface area contributed by atoms with Crippen LogP contribution in [-0.4, -0.2) is 36.6 Å². The summed E-state index contributed by atoms with van der Waals surface area (Å²) in [7, 11) is 0. The lowest BCUT2D eigenvalue weighted by Gasteiger charge is -2.40. The number of carbonyl (C=O) groups excluding carboxylic acids is 2. The van der Waals surface area contributed by atoms with Crippen molar-refractivity contribution in [2.24, 2.45) is 5.73 Å². The molecule has 0 radical (unpaired) electrons. The van der Waals surface area contributed by atoms with Crippen LogP contribution in [0.15, 0.2) is 48.5 Å². The maximum absolute atomic E-state index is 13.4. The fourth-order valence-corrected chi connectivity index (χ4v) is 4.14. The van der Waals surface area contributed by atoms with Crippen molar-refractivity contribution >= 4 is 23.2 Å². The van der Waals surface area contributed by atoms with Crippen molar-refractivity contribution < 1.29 is 22.8 Å². The number of amides is 2. The number of nitrogens with zero attached hydrogens (tertiary/aromatic N) is 2. The van der Waals surface area contributed by atoms with Crippen molar-refractivity contribution in [3.05, 3.63) is 59.7 Å². The quantitative estimate of drug-likeness (QED) is 0.799. The van der Waals surface area contributed by atoms with Gasteiger partial charge in [-0.05, 0) is 30.7 Å². The van der Waals surface area contributed by atoms with E-state index in [0.717, 1.165) is 17.7 Å². The molecule has 158 valence electrons. The van der Waals surface area contributed by atoms with Crippen molar-refractivity contribution in [2.75, 3.05) is 16.3 Å². The van der Waals surface area contributed by atoms with Gasteiger partial charge in [0, 0.05) is 13.0 Å². The molecule has 6 nitrogen and oxygen atoms in total. The van der Waals surface area contributed by atoms with Gasteiger partial charge in [-0.2, -0.15) is 13.2 Å². The van der Waals surface area contributed by atoms with Crippen LogP contribution in [0.4, 0.5) is 24.5 Å². The van der Waals surface area contributed by atoms with Crippen molar-refractivity contribution in [1.82, 2.24) is 5.32 Å². The van der Waals surface area contributed by atoms with Gasteiger partial charge in [0.1, 0.15) is 12.2 Å². The first-order valence-electron chi connectivity index (χ1n) is 9.57. The van der Waals surface area contributed by atoms with E-state index in [1.807, 2.05) is 30.3 Å². The van der Waals surface area contributed by atoms with Gasteiger partial charge in [0.15, 0.2) is 0 Å². The van der Waals surface area contributed by atoms with E-state index in [1.54, 1.807) is 11.8 Å². The Labute approximate surface area is 171 Å². The monoisotopic (exact) mass is 418 g/mol. The Kier molecular flexibility index (Phi) is 4.93. The summed E-state index contributed by atoms with van der Waals surface area (Å²) >= 11 is 0. The van der Waals surface area contributed by atoms with Gasteiger partial charge >= 0.3 is 6.18 Å². The lowest BCUT2D eigenvalue weighted by Crippen LogP contribution is -2.65. The van der Waals surface area contributed by atoms with Crippen molar-refractivity contribution in [3.63, 3.8) is 0 Å². The molecule has 0 saturated carbocycles. The van der Waals surface area contributed by atoms with Gasteiger partial charge in [-0.3, -0.25) is 14.5 Å². The molecule has 2 amide bonds. The normalized spacial score (nSPS) is 21.9. The van der Waals surface area contributed by atoms with Crippen LogP contribution < -0.4 is 20.9 Å². The highest BCUT2D eigenvalue weighted by Crippen LogP contribution is 2.45. The van der Waals surface area contributed by atoms with Gasteiger partial charge in [-0.1, -0.05) is 30.3 Å². The van der Waals surface area contributed by atoms with E-state index < -0.39 is 35.9 Å². The van der Waals surface area contributed by atoms with E-state index in [4.69, 9.17) is 5.73 Å². The summed E-state index contributed by atoms with van der Waals surface area (Å²) < 4.78 is 40.2. The lowest BCUT2D eigenvalue weighted by atomic mass is 10.0. The fourth-order valence-electron chi connectivity index (χ4n) is 4.14. The molecule has 1 saturated heterocycles. The molecule has 3 atom stereocenters. The summed E-state index contributed by atoms with van der Waals surface area (Å²) in [6.07, 6.45) is -4.99. The highest BCUT2D eigenvalue weighted by atomic mass is 19.4. The van der Waals surface area contributed by atoms with Crippen LogP contribution >= 0.6 is 0 Å². The number of benzene rings is 2. The van der Waals surface area contributed by atoms with E-state index in [-0.39, 0.29) is 18.0 Å². The summed E-state index contributed by atoms with van der Waals surface area (Å²) in [6, 6.07) is 10.9. The van der Waals surface area contributed by atoms with E-state index in [0.29, 0.717) is 12.2 Å². The summed E-state index contributed by atoms with van der Waals surface area (Å²) in [5.41, 5.74) is 6.21. The predicted molar refractivity (Wildman–Crippen MR) is 106 cm³/mol. The number of rotatable bonds is 4. The second kappa shape index (κ2) is 7.32. The lowest BCUT2D eigenvalue weighted by molar-refractivity contribution is -0.137. The number of nitrogens with two attached hydrogens (primary N) is 1. The highest BCUT2D eigenvalue weighted by Gasteiger charge is 2.48. The number of fused-ring (bicyclic) bond motifs is 3. The van der Waals surface area contributed by atoms with Crippen LogP contribution in [0, 0.1) is 0 Å². The summed E-state index contributed by atoms with van der Waals surface area (Å²) in [5.74, 6) is -0.937. The minimum atomic E-state index is -4.55. The zero-order chi connectivity index (χ0) is 21.6. The Hall–Kier alpha value is -3.07. The molecule has 0 aromatic heterocycles. The molecule has 30 heavy (non-hydrogen) atoms. The number of alkyl halides is 3. The molecule has 3 N–H and O–H groups in total. The molecule has 1 fully saturated rings. The molecule has 2 heterocycles. The first-order valence-corrected chi connectivity index (χ1v) is 9.57. The second-order valence-corrected chi connectivity index (χ2v) is 7.54. The number of halogens is 3. The third-order valence-electron chi connectivity index (χ3n) is 5.61. The first kappa shape index (κ1) is 20.2. The van der Waals surface area contributed by atoms with E-state index >= 15 is 0 Å². The van der Waals surface area contributed by atoms with Gasteiger partial charge < -0.3 is 16.0 Å². The van der Waals surface area contributed by atoms with E-state index in [1.165, 1.54) is 11.0 Å². The Morgan fingerprint density at radius 1 is 1.20 bits per heavy atom. The highest BCUT2D eigenvalue weighted by molar-refractivity contribution is 6.05. The van der Waals surface area contributed by atoms with E-state index in [2.05, 4.69) is 5.32 Å². The number of hydrogen-bond acceptors (Lipinski definition) is 4. The molecule has 2 aromatic carbocycles. The van der Waals surface area contributed by atoms with Gasteiger partial charge in [0.05, 0.1) is 23.0 Å². The number of primary amides is 1. The molecule has 0 aliphatic carbocycles. The molecule has 2 aliphatic heterocycles. The van der Waals surface area contributed by atoms with E-state index in [9.17, 15) is 22.8 Å². The summed E-state index contributed by atoms with van der Waals surface area (Å²) in [4.78, 5) is 28.3. The SMILES string of the molecule is C[C@H]1NC[C@@H]2N(C1=O)c1ccc(C(F)(F)F)cc1N2[C@@H](Cc1ccccc1)C(N)=O. The minimum Gasteiger partial charge on any atom is -0.368 e. The number of hydrogen-bond donors (Lipinski definition) is 2. The van der Waals surface area contributed by atoms with Crippen molar-refractivity contribution in [3.8, 4) is 0 Å². The Balaban J connectivity index is 1.83. The zero-order valence-electron chi connectivity index (χ0n) is 16.2. The molecule has 0 bridgehead atoms. The molecule has 4 rings (SSSR count). The maximum atomic E-state index is 13.4. The van der Waals surface area contributed by atoms with Crippen LogP contribution in [0.1, 0.15) is 18.1 Å². The van der Waals surface area contributed by atoms with Crippen LogP contribution in [-0.2, 0) is 22.2 Å². The minimum absolute atomic E-state index is 0.179. The number of anilines is 2. The Morgan fingerprint density at radius 2 is 1.90 bits per heavy atom. The van der Waals surface area contributed by atoms with Crippen LogP contribution in [0.2, 0.25) is 0 Å². The average Bonchev–Trinajstić information content (AvgIpc) is 3.03. The van der Waals surface area contributed by atoms with Gasteiger partial charge in [-0.25, -0.2) is 0 Å². The fraction of sp³-hybridized carbons (Fsp3) is 0.333. The molecule has 2 aliphatic rings. The smallest absolute Gasteiger partial charge is 0.368 e. The van der Waals surface area contributed by atoms with Crippen molar-refractivity contribution in [1.29, 1.82) is 0 Å². The van der Waals surface area contributed by atoms with Gasteiger partial charge in [0.2, 0.25) is 11.8 Å². The molecule has 9 heteroatoms. The largest absolute Gasteiger partial charge is 0.416 e. The van der Waals surface area contributed by atoms with Gasteiger partial charge in [-0.15, -0.1) is 0 Å². The van der Waals surface area contributed by atoms with Crippen LogP contribution in [0.5, 0.6) is 0 Å². The molecule has 2 aromatic rings. The second-order valence-electron chi connectivity index (χ2n) is 7.54. The third-order valence-corrected chi connectivity index (χ3v) is 5.61. The summed E-state index contributed by atoms with van der Waals surface area (Å²) in [6.45, 7) is 1.99. The Morgan fingerprint density at radius 3 is 2.53 bits per heavy atom. The first-order chi connectivity index (χ1) is 14.2. The number of nitrogens with one attached hydrogen (secondary N) is 1. The molecular formula is C21H21F3N4O2. The molecule has 0 spiro atoms. The Bertz CT molecular complexity index is 980. The average molecular weight is 418 g/mol. The topological polar surface area (TPSA) is 78.7 Å². The predicted octanol–water partition coefficient (Wildman–Crippen LogP) is 2.27. The molecule has 0 unspecified atom stereocenters. The zero-order valence-corrected chi connectivity index (χ0v) is 16.2. The summed E-state index contributed by atoms with van der Waals surface area (Å²) in [5, 5.41) is 3.06. The molecular weight excluding hydrogens is 397 g/mol. The van der Waals surface area contributed by atoms with Crippen LogP contribution in [0.25, 0.3) is 0 Å². The van der Waals surface area contributed by atoms with Crippen LogP contribution in [0.3, 0.4) is 0 Å².